The molecule has 3 rings (SSSR count). The Balaban J connectivity index is 1.50. The van der Waals surface area contributed by atoms with Gasteiger partial charge in [-0.15, -0.1) is 0 Å². The van der Waals surface area contributed by atoms with Crippen molar-refractivity contribution in [3.8, 4) is 0 Å². The highest BCUT2D eigenvalue weighted by Crippen LogP contribution is 2.16. The number of ether oxygens (including phenoxy) is 1. The van der Waals surface area contributed by atoms with E-state index in [-0.39, 0.29) is 23.0 Å². The van der Waals surface area contributed by atoms with Crippen LogP contribution in [0.5, 0.6) is 0 Å². The molecule has 1 N–H and O–H groups in total. The molecule has 1 fully saturated rings. The van der Waals surface area contributed by atoms with Crippen molar-refractivity contribution in [2.24, 2.45) is 7.05 Å². The van der Waals surface area contributed by atoms with E-state index in [1.807, 2.05) is 0 Å². The molecule has 0 bridgehead atoms. The average molecular weight is 449 g/mol. The van der Waals surface area contributed by atoms with Crippen LogP contribution in [0.25, 0.3) is 0 Å². The molecular weight excluding hydrogens is 419 g/mol. The fraction of sp³-hybridized carbons (Fsp3) is 0.500. The highest BCUT2D eigenvalue weighted by atomic mass is 32.2. The van der Waals surface area contributed by atoms with Crippen LogP contribution in [0.15, 0.2) is 34.2 Å². The molecule has 7 nitrogen and oxygen atoms in total. The maximum atomic E-state index is 13.1. The Morgan fingerprint density at radius 1 is 1.26 bits per heavy atom. The normalized spacial score (nSPS) is 14.5. The second-order valence-corrected chi connectivity index (χ2v) is 8.51. The molecule has 0 saturated carbocycles. The Morgan fingerprint density at radius 2 is 1.97 bits per heavy atom. The van der Waals surface area contributed by atoms with Crippen LogP contribution in [0.2, 0.25) is 0 Å². The smallest absolute Gasteiger partial charge is 0.257 e. The number of hydrogen-bond donors (Lipinski definition) is 1. The van der Waals surface area contributed by atoms with Crippen LogP contribution in [-0.4, -0.2) is 65.5 Å². The summed E-state index contributed by atoms with van der Waals surface area (Å²) in [6.07, 6.45) is 1.28. The first-order valence-electron chi connectivity index (χ1n) is 10.4. The first-order valence-corrected chi connectivity index (χ1v) is 11.4. The molecule has 31 heavy (non-hydrogen) atoms. The van der Waals surface area contributed by atoms with E-state index in [2.05, 4.69) is 15.2 Å². The Hall–Kier alpha value is -2.23. The number of nitrogens with one attached hydrogen (secondary N) is 1. The van der Waals surface area contributed by atoms with Gasteiger partial charge < -0.3 is 10.1 Å². The van der Waals surface area contributed by atoms with Crippen molar-refractivity contribution in [1.82, 2.24) is 19.8 Å². The van der Waals surface area contributed by atoms with Gasteiger partial charge in [0.15, 0.2) is 5.16 Å². The highest BCUT2D eigenvalue weighted by Gasteiger charge is 2.15. The molecule has 0 radical (unpaired) electrons. The van der Waals surface area contributed by atoms with E-state index in [0.717, 1.165) is 44.8 Å². The van der Waals surface area contributed by atoms with Crippen molar-refractivity contribution in [3.05, 3.63) is 57.3 Å². The SMILES string of the molecule is Cc1nc(SCC(=O)NCCCN2CCOCC2)n(C)c(=O)c1Cc1ccc(F)cc1. The molecule has 0 aliphatic carbocycles. The first-order chi connectivity index (χ1) is 14.9. The molecular formula is C22H29FN4O3S. The Labute approximate surface area is 186 Å². The quantitative estimate of drug-likeness (QED) is 0.358. The zero-order valence-corrected chi connectivity index (χ0v) is 18.8. The molecule has 168 valence electrons. The van der Waals surface area contributed by atoms with Gasteiger partial charge in [-0.05, 0) is 37.6 Å². The largest absolute Gasteiger partial charge is 0.379 e. The monoisotopic (exact) mass is 448 g/mol. The number of halogens is 1. The van der Waals surface area contributed by atoms with Crippen LogP contribution < -0.4 is 10.9 Å². The molecule has 1 amide bonds. The van der Waals surface area contributed by atoms with E-state index in [4.69, 9.17) is 4.74 Å². The molecule has 2 heterocycles. The van der Waals surface area contributed by atoms with Crippen LogP contribution in [0.3, 0.4) is 0 Å². The Bertz CT molecular complexity index is 943. The maximum Gasteiger partial charge on any atom is 0.257 e. The molecule has 1 aromatic carbocycles. The van der Waals surface area contributed by atoms with Gasteiger partial charge in [-0.2, -0.15) is 0 Å². The first kappa shape index (κ1) is 23.4. The van der Waals surface area contributed by atoms with Gasteiger partial charge in [0.05, 0.1) is 19.0 Å². The molecule has 0 spiro atoms. The molecule has 1 aromatic heterocycles. The number of aromatic nitrogens is 2. The van der Waals surface area contributed by atoms with Gasteiger partial charge >= 0.3 is 0 Å². The summed E-state index contributed by atoms with van der Waals surface area (Å²) < 4.78 is 19.9. The van der Waals surface area contributed by atoms with Crippen LogP contribution in [0.4, 0.5) is 4.39 Å². The van der Waals surface area contributed by atoms with Gasteiger partial charge in [-0.1, -0.05) is 23.9 Å². The summed E-state index contributed by atoms with van der Waals surface area (Å²) in [5.41, 5.74) is 1.90. The summed E-state index contributed by atoms with van der Waals surface area (Å²) in [6.45, 7) is 6.80. The molecule has 0 atom stereocenters. The molecule has 1 saturated heterocycles. The van der Waals surface area contributed by atoms with E-state index in [1.54, 1.807) is 26.1 Å². The second-order valence-electron chi connectivity index (χ2n) is 7.57. The van der Waals surface area contributed by atoms with Crippen LogP contribution in [-0.2, 0) is 23.0 Å². The number of carbonyl (C=O) groups is 1. The molecule has 0 unspecified atom stereocenters. The third-order valence-electron chi connectivity index (χ3n) is 5.25. The Kier molecular flexibility index (Phi) is 8.62. The summed E-state index contributed by atoms with van der Waals surface area (Å²) >= 11 is 1.25. The lowest BCUT2D eigenvalue weighted by molar-refractivity contribution is -0.118. The fourth-order valence-electron chi connectivity index (χ4n) is 3.41. The number of carbonyl (C=O) groups excluding carboxylic acids is 1. The van der Waals surface area contributed by atoms with E-state index in [0.29, 0.717) is 29.4 Å². The number of amides is 1. The summed E-state index contributed by atoms with van der Waals surface area (Å²) in [5.74, 6) is -0.180. The zero-order valence-electron chi connectivity index (χ0n) is 18.0. The predicted molar refractivity (Wildman–Crippen MR) is 119 cm³/mol. The van der Waals surface area contributed by atoms with Gasteiger partial charge in [0.2, 0.25) is 5.91 Å². The van der Waals surface area contributed by atoms with Gasteiger partial charge in [0.25, 0.3) is 5.56 Å². The highest BCUT2D eigenvalue weighted by molar-refractivity contribution is 7.99. The standard InChI is InChI=1S/C22H29FN4O3S/c1-16-19(14-17-4-6-18(23)7-5-17)21(29)26(2)22(25-16)31-15-20(28)24-8-3-9-27-10-12-30-13-11-27/h4-7H,3,8-15H2,1-2H3,(H,24,28). The van der Waals surface area contributed by atoms with Crippen LogP contribution in [0, 0.1) is 12.7 Å². The van der Waals surface area contributed by atoms with Crippen molar-refractivity contribution in [3.63, 3.8) is 0 Å². The number of rotatable bonds is 9. The summed E-state index contributed by atoms with van der Waals surface area (Å²) in [6, 6.07) is 6.10. The third-order valence-corrected chi connectivity index (χ3v) is 6.28. The van der Waals surface area contributed by atoms with Crippen molar-refractivity contribution in [2.45, 2.75) is 24.9 Å². The van der Waals surface area contributed by atoms with Crippen LogP contribution in [0.1, 0.15) is 23.2 Å². The van der Waals surface area contributed by atoms with E-state index in [1.165, 1.54) is 28.5 Å². The minimum atomic E-state index is -0.308. The number of aryl methyl sites for hydroxylation is 1. The lowest BCUT2D eigenvalue weighted by Crippen LogP contribution is -2.38. The lowest BCUT2D eigenvalue weighted by atomic mass is 10.1. The molecule has 2 aromatic rings. The van der Waals surface area contributed by atoms with Gasteiger partial charge in [0.1, 0.15) is 5.82 Å². The van der Waals surface area contributed by atoms with Gasteiger partial charge in [-0.25, -0.2) is 9.37 Å². The van der Waals surface area contributed by atoms with Gasteiger partial charge in [-0.3, -0.25) is 19.1 Å². The van der Waals surface area contributed by atoms with E-state index in [9.17, 15) is 14.0 Å². The summed E-state index contributed by atoms with van der Waals surface area (Å²) in [7, 11) is 1.66. The molecule has 9 heteroatoms. The third kappa shape index (κ3) is 6.88. The number of nitrogens with zero attached hydrogens (tertiary/aromatic N) is 3. The van der Waals surface area contributed by atoms with Gasteiger partial charge in [0, 0.05) is 44.4 Å². The predicted octanol–water partition coefficient (Wildman–Crippen LogP) is 1.75. The van der Waals surface area contributed by atoms with Crippen molar-refractivity contribution < 1.29 is 13.9 Å². The fourth-order valence-corrected chi connectivity index (χ4v) is 4.25. The van der Waals surface area contributed by atoms with Crippen LogP contribution >= 0.6 is 11.8 Å². The number of hydrogen-bond acceptors (Lipinski definition) is 6. The van der Waals surface area contributed by atoms with E-state index >= 15 is 0 Å². The number of morpholine rings is 1. The number of benzene rings is 1. The summed E-state index contributed by atoms with van der Waals surface area (Å²) in [4.78, 5) is 31.8. The molecule has 1 aliphatic heterocycles. The second kappa shape index (κ2) is 11.4. The Morgan fingerprint density at radius 3 is 2.68 bits per heavy atom. The lowest BCUT2D eigenvalue weighted by Gasteiger charge is -2.26. The average Bonchev–Trinajstić information content (AvgIpc) is 2.78. The van der Waals surface area contributed by atoms with Crippen molar-refractivity contribution in [1.29, 1.82) is 0 Å². The topological polar surface area (TPSA) is 76.5 Å². The maximum absolute atomic E-state index is 13.1. The minimum Gasteiger partial charge on any atom is -0.379 e. The number of thioether (sulfide) groups is 1. The molecule has 1 aliphatic rings. The van der Waals surface area contributed by atoms with Crippen molar-refractivity contribution in [2.75, 3.05) is 45.1 Å². The zero-order chi connectivity index (χ0) is 22.2. The van der Waals surface area contributed by atoms with E-state index < -0.39 is 0 Å². The van der Waals surface area contributed by atoms with Crippen molar-refractivity contribution >= 4 is 17.7 Å². The summed E-state index contributed by atoms with van der Waals surface area (Å²) in [5, 5.41) is 3.43. The minimum absolute atomic E-state index is 0.0748.